The highest BCUT2D eigenvalue weighted by Gasteiger charge is 2.18. The minimum atomic E-state index is -3.56. The zero-order valence-electron chi connectivity index (χ0n) is 16.9. The number of fused-ring (bicyclic) bond motifs is 1. The number of amides is 1. The lowest BCUT2D eigenvalue weighted by molar-refractivity contribution is -0.116. The van der Waals surface area contributed by atoms with E-state index in [0.717, 1.165) is 27.8 Å². The number of halogens is 2. The average molecular weight is 502 g/mol. The van der Waals surface area contributed by atoms with Gasteiger partial charge in [0.05, 0.1) is 32.2 Å². The Morgan fingerprint density at radius 3 is 2.55 bits per heavy atom. The van der Waals surface area contributed by atoms with Gasteiger partial charge in [0.2, 0.25) is 15.9 Å². The van der Waals surface area contributed by atoms with Gasteiger partial charge in [-0.25, -0.2) is 8.42 Å². The zero-order valence-corrected chi connectivity index (χ0v) is 20.0. The number of rotatable bonds is 8. The lowest BCUT2D eigenvalue weighted by Crippen LogP contribution is -2.31. The van der Waals surface area contributed by atoms with Gasteiger partial charge in [-0.05, 0) is 49.7 Å². The van der Waals surface area contributed by atoms with E-state index in [0.29, 0.717) is 29.4 Å². The summed E-state index contributed by atoms with van der Waals surface area (Å²) >= 11 is 13.0. The van der Waals surface area contributed by atoms with E-state index < -0.39 is 10.0 Å². The van der Waals surface area contributed by atoms with Crippen molar-refractivity contribution in [1.29, 1.82) is 0 Å². The van der Waals surface area contributed by atoms with Crippen LogP contribution in [0.3, 0.4) is 0 Å². The number of aromatic nitrogens is 1. The van der Waals surface area contributed by atoms with Crippen molar-refractivity contribution in [2.24, 2.45) is 0 Å². The predicted molar refractivity (Wildman–Crippen MR) is 128 cm³/mol. The van der Waals surface area contributed by atoms with Gasteiger partial charge in [0.25, 0.3) is 0 Å². The summed E-state index contributed by atoms with van der Waals surface area (Å²) < 4.78 is 28.1. The first-order valence-electron chi connectivity index (χ1n) is 9.46. The Balaban J connectivity index is 1.64. The first-order chi connectivity index (χ1) is 14.6. The molecule has 7 nitrogen and oxygen atoms in total. The van der Waals surface area contributed by atoms with Crippen molar-refractivity contribution in [1.82, 2.24) is 4.57 Å². The molecule has 0 aliphatic carbocycles. The third kappa shape index (κ3) is 5.60. The smallest absolute Gasteiger partial charge is 0.308 e. The summed E-state index contributed by atoms with van der Waals surface area (Å²) in [5.41, 5.74) is 1.81. The summed E-state index contributed by atoms with van der Waals surface area (Å²) in [4.78, 5) is 24.3. The van der Waals surface area contributed by atoms with E-state index >= 15 is 0 Å². The maximum absolute atomic E-state index is 12.4. The first-order valence-corrected chi connectivity index (χ1v) is 12.9. The van der Waals surface area contributed by atoms with E-state index in [1.807, 2.05) is 13.0 Å². The summed E-state index contributed by atoms with van der Waals surface area (Å²) in [6.07, 6.45) is 1.52. The van der Waals surface area contributed by atoms with E-state index in [2.05, 4.69) is 5.32 Å². The normalized spacial score (nSPS) is 11.6. The molecule has 3 rings (SSSR count). The van der Waals surface area contributed by atoms with Crippen molar-refractivity contribution >= 4 is 72.1 Å². The van der Waals surface area contributed by atoms with Gasteiger partial charge in [-0.3, -0.25) is 18.5 Å². The van der Waals surface area contributed by atoms with Gasteiger partial charge in [-0.1, -0.05) is 34.5 Å². The Morgan fingerprint density at radius 2 is 1.90 bits per heavy atom. The van der Waals surface area contributed by atoms with Gasteiger partial charge in [0.15, 0.2) is 0 Å². The molecule has 0 saturated heterocycles. The maximum Gasteiger partial charge on any atom is 0.308 e. The Hall–Kier alpha value is -2.07. The van der Waals surface area contributed by atoms with Gasteiger partial charge in [0.1, 0.15) is 0 Å². The Morgan fingerprint density at radius 1 is 1.16 bits per heavy atom. The summed E-state index contributed by atoms with van der Waals surface area (Å²) in [5, 5.41) is 3.38. The van der Waals surface area contributed by atoms with Crippen molar-refractivity contribution in [2.45, 2.75) is 26.3 Å². The fraction of sp³-hybridized carbons (Fsp3) is 0.300. The monoisotopic (exact) mass is 501 g/mol. The zero-order chi connectivity index (χ0) is 22.8. The van der Waals surface area contributed by atoms with Gasteiger partial charge >= 0.3 is 4.87 Å². The van der Waals surface area contributed by atoms with Gasteiger partial charge in [-0.15, -0.1) is 0 Å². The highest BCUT2D eigenvalue weighted by Crippen LogP contribution is 2.28. The van der Waals surface area contributed by atoms with Crippen LogP contribution < -0.4 is 14.5 Å². The van der Waals surface area contributed by atoms with Crippen molar-refractivity contribution in [3.05, 3.63) is 56.1 Å². The number of hydrogen-bond acceptors (Lipinski definition) is 5. The number of carbonyl (C=O) groups is 1. The van der Waals surface area contributed by atoms with Crippen LogP contribution >= 0.6 is 34.5 Å². The molecular formula is C20H21Cl2N3O4S2. The number of carbonyl (C=O) groups excluding carboxylic acids is 1. The number of nitrogens with one attached hydrogen (secondary N) is 1. The molecule has 0 bridgehead atoms. The van der Waals surface area contributed by atoms with Crippen LogP contribution in [0.25, 0.3) is 10.2 Å². The van der Waals surface area contributed by atoms with Crippen LogP contribution in [-0.2, 0) is 21.4 Å². The molecule has 0 unspecified atom stereocenters. The molecule has 1 N–H and O–H groups in total. The molecule has 2 aromatic carbocycles. The number of nitrogens with zero attached hydrogens (tertiary/aromatic N) is 2. The van der Waals surface area contributed by atoms with E-state index in [1.165, 1.54) is 16.4 Å². The molecule has 31 heavy (non-hydrogen) atoms. The van der Waals surface area contributed by atoms with Crippen molar-refractivity contribution in [2.75, 3.05) is 22.4 Å². The van der Waals surface area contributed by atoms with E-state index in [4.69, 9.17) is 23.2 Å². The molecule has 0 aliphatic heterocycles. The molecule has 3 aromatic rings. The van der Waals surface area contributed by atoms with E-state index in [1.54, 1.807) is 22.8 Å². The Labute approximate surface area is 194 Å². The molecule has 11 heteroatoms. The van der Waals surface area contributed by atoms with Gasteiger partial charge in [-0.2, -0.15) is 0 Å². The largest absolute Gasteiger partial charge is 0.326 e. The Bertz CT molecular complexity index is 1290. The highest BCUT2D eigenvalue weighted by atomic mass is 35.5. The third-order valence-corrected chi connectivity index (χ3v) is 7.50. The number of hydrogen-bond donors (Lipinski definition) is 1. The predicted octanol–water partition coefficient (Wildman–Crippen LogP) is 4.57. The standard InChI is InChI=1S/C20H21Cl2N3O4S2/c1-3-24-17-9-6-13(11-18(17)30-20(24)27)23-19(26)5-4-10-25(31(2,28)29)14-7-8-15(21)16(22)12-14/h6-9,11-12H,3-5,10H2,1-2H3,(H,23,26). The SMILES string of the molecule is CCn1c(=O)sc2cc(NC(=O)CCCN(c3ccc(Cl)c(Cl)c3)S(C)(=O)=O)ccc21. The molecule has 1 aromatic heterocycles. The molecule has 0 aliphatic rings. The van der Waals surface area contributed by atoms with Crippen molar-refractivity contribution < 1.29 is 13.2 Å². The topological polar surface area (TPSA) is 88.5 Å². The maximum atomic E-state index is 12.4. The molecule has 166 valence electrons. The molecule has 0 spiro atoms. The van der Waals surface area contributed by atoms with Crippen LogP contribution in [0.5, 0.6) is 0 Å². The number of thiazole rings is 1. The molecule has 0 fully saturated rings. The molecular weight excluding hydrogens is 481 g/mol. The van der Waals surface area contributed by atoms with Crippen LogP contribution in [0.1, 0.15) is 19.8 Å². The molecule has 1 amide bonds. The lowest BCUT2D eigenvalue weighted by atomic mass is 10.2. The van der Waals surface area contributed by atoms with Crippen LogP contribution in [0.2, 0.25) is 10.0 Å². The van der Waals surface area contributed by atoms with Gasteiger partial charge in [0, 0.05) is 25.2 Å². The highest BCUT2D eigenvalue weighted by molar-refractivity contribution is 7.92. The molecule has 1 heterocycles. The number of anilines is 2. The summed E-state index contributed by atoms with van der Waals surface area (Å²) in [7, 11) is -3.56. The second kappa shape index (κ2) is 9.60. The Kier molecular flexibility index (Phi) is 7.31. The minimum Gasteiger partial charge on any atom is -0.326 e. The average Bonchev–Trinajstić information content (AvgIpc) is 3.00. The minimum absolute atomic E-state index is 0.0378. The number of aryl methyl sites for hydroxylation is 1. The fourth-order valence-electron chi connectivity index (χ4n) is 3.18. The summed E-state index contributed by atoms with van der Waals surface area (Å²) in [6, 6.07) is 9.90. The summed E-state index contributed by atoms with van der Waals surface area (Å²) in [5.74, 6) is -0.246. The summed E-state index contributed by atoms with van der Waals surface area (Å²) in [6.45, 7) is 2.60. The second-order valence-electron chi connectivity index (χ2n) is 6.88. The van der Waals surface area contributed by atoms with E-state index in [9.17, 15) is 18.0 Å². The van der Waals surface area contributed by atoms with Crippen LogP contribution in [0.4, 0.5) is 11.4 Å². The van der Waals surface area contributed by atoms with Crippen LogP contribution in [0.15, 0.2) is 41.2 Å². The molecule has 0 atom stereocenters. The number of benzene rings is 2. The fourth-order valence-corrected chi connectivity index (χ4v) is 5.42. The third-order valence-electron chi connectivity index (χ3n) is 4.62. The molecule has 0 radical (unpaired) electrons. The van der Waals surface area contributed by atoms with Crippen LogP contribution in [0, 0.1) is 0 Å². The lowest BCUT2D eigenvalue weighted by Gasteiger charge is -2.22. The second-order valence-corrected chi connectivity index (χ2v) is 10.6. The van der Waals surface area contributed by atoms with E-state index in [-0.39, 0.29) is 28.8 Å². The van der Waals surface area contributed by atoms with Crippen molar-refractivity contribution in [3.63, 3.8) is 0 Å². The number of sulfonamides is 1. The van der Waals surface area contributed by atoms with Crippen molar-refractivity contribution in [3.8, 4) is 0 Å². The first kappa shape index (κ1) is 23.6. The van der Waals surface area contributed by atoms with Crippen LogP contribution in [-0.4, -0.2) is 31.7 Å². The molecule has 0 saturated carbocycles. The van der Waals surface area contributed by atoms with Gasteiger partial charge < -0.3 is 5.32 Å². The quantitative estimate of drug-likeness (QED) is 0.489.